The molecule has 1 aliphatic rings. The van der Waals surface area contributed by atoms with E-state index >= 15 is 0 Å². The fourth-order valence-corrected chi connectivity index (χ4v) is 4.97. The Balaban J connectivity index is 1.58. The number of alkyl halides is 3. The average Bonchev–Trinajstić information content (AvgIpc) is 2.85. The molecule has 2 aromatic rings. The second-order valence-corrected chi connectivity index (χ2v) is 12.4. The Hall–Kier alpha value is -3.12. The predicted molar refractivity (Wildman–Crippen MR) is 140 cm³/mol. The third-order valence-electron chi connectivity index (χ3n) is 6.80. The first-order valence-corrected chi connectivity index (χ1v) is 14.4. The SMILES string of the molecule is CC(C)[C@@H](NC(=O)c1cccc(OC(F)(F)F)c1)C(=O)N1CCC(C)(NCc2ccc(S(C)(=O)=O)cc2)CC1. The number of nitrogens with zero attached hydrogens (tertiary/aromatic N) is 1. The van der Waals surface area contributed by atoms with Gasteiger partial charge in [0.05, 0.1) is 4.90 Å². The lowest BCUT2D eigenvalue weighted by atomic mass is 9.88. The maximum Gasteiger partial charge on any atom is 0.573 e. The number of carbonyl (C=O) groups is 2. The zero-order chi connectivity index (χ0) is 29.0. The highest BCUT2D eigenvalue weighted by Gasteiger charge is 2.36. The average molecular weight is 570 g/mol. The molecular formula is C27H34F3N3O5S. The highest BCUT2D eigenvalue weighted by molar-refractivity contribution is 7.90. The Bertz CT molecular complexity index is 1270. The van der Waals surface area contributed by atoms with Gasteiger partial charge in [-0.25, -0.2) is 8.42 Å². The third-order valence-corrected chi connectivity index (χ3v) is 7.93. The topological polar surface area (TPSA) is 105 Å². The van der Waals surface area contributed by atoms with Crippen LogP contribution >= 0.6 is 0 Å². The van der Waals surface area contributed by atoms with Crippen molar-refractivity contribution in [3.8, 4) is 5.75 Å². The van der Waals surface area contributed by atoms with E-state index < -0.39 is 33.9 Å². The van der Waals surface area contributed by atoms with Gasteiger partial charge in [-0.1, -0.05) is 32.0 Å². The molecule has 3 rings (SSSR count). The summed E-state index contributed by atoms with van der Waals surface area (Å²) in [6, 6.07) is 10.6. The molecule has 0 aliphatic carbocycles. The van der Waals surface area contributed by atoms with Gasteiger partial charge in [0.1, 0.15) is 11.8 Å². The fourth-order valence-electron chi connectivity index (χ4n) is 4.34. The van der Waals surface area contributed by atoms with E-state index in [1.165, 1.54) is 12.1 Å². The van der Waals surface area contributed by atoms with Crippen molar-refractivity contribution in [3.63, 3.8) is 0 Å². The van der Waals surface area contributed by atoms with Crippen molar-refractivity contribution in [3.05, 3.63) is 59.7 Å². The third kappa shape index (κ3) is 8.69. The standard InChI is InChI=1S/C27H34F3N3O5S/c1-18(2)23(32-24(34)20-6-5-7-21(16-20)38-27(28,29)30)25(35)33-14-12-26(3,13-15-33)31-17-19-8-10-22(11-9-19)39(4,36)37/h5-11,16,18,23,31H,12-15,17H2,1-4H3,(H,32,34)/t23-/m1/s1. The molecule has 1 fully saturated rings. The number of hydrogen-bond donors (Lipinski definition) is 2. The molecule has 1 heterocycles. The number of amides is 2. The number of nitrogens with one attached hydrogen (secondary N) is 2. The van der Waals surface area contributed by atoms with Crippen LogP contribution in [0.1, 0.15) is 49.5 Å². The molecule has 0 spiro atoms. The normalized spacial score (nSPS) is 16.6. The molecule has 1 saturated heterocycles. The van der Waals surface area contributed by atoms with Gasteiger partial charge in [0, 0.05) is 37.0 Å². The van der Waals surface area contributed by atoms with Crippen molar-refractivity contribution in [2.45, 2.75) is 63.0 Å². The lowest BCUT2D eigenvalue weighted by molar-refractivity contribution is -0.274. The molecule has 0 radical (unpaired) electrons. The van der Waals surface area contributed by atoms with Crippen molar-refractivity contribution >= 4 is 21.7 Å². The second-order valence-electron chi connectivity index (χ2n) is 10.4. The van der Waals surface area contributed by atoms with Crippen LogP contribution < -0.4 is 15.4 Å². The van der Waals surface area contributed by atoms with Crippen molar-refractivity contribution in [2.24, 2.45) is 5.92 Å². The first-order valence-electron chi connectivity index (χ1n) is 12.6. The molecule has 1 aliphatic heterocycles. The summed E-state index contributed by atoms with van der Waals surface area (Å²) in [5.74, 6) is -1.69. The van der Waals surface area contributed by atoms with Crippen LogP contribution in [-0.4, -0.2) is 62.4 Å². The van der Waals surface area contributed by atoms with Gasteiger partial charge in [-0.05, 0) is 61.6 Å². The van der Waals surface area contributed by atoms with Crippen LogP contribution in [0.25, 0.3) is 0 Å². The maximum atomic E-state index is 13.3. The number of sulfone groups is 1. The molecule has 1 atom stereocenters. The number of carbonyl (C=O) groups excluding carboxylic acids is 2. The van der Waals surface area contributed by atoms with Crippen LogP contribution in [0.5, 0.6) is 5.75 Å². The first-order chi connectivity index (χ1) is 18.1. The van der Waals surface area contributed by atoms with E-state index in [0.29, 0.717) is 32.5 Å². The van der Waals surface area contributed by atoms with Crippen molar-refractivity contribution in [1.82, 2.24) is 15.5 Å². The molecule has 0 unspecified atom stereocenters. The monoisotopic (exact) mass is 569 g/mol. The van der Waals surface area contributed by atoms with Gasteiger partial charge in [0.15, 0.2) is 9.84 Å². The molecular weight excluding hydrogens is 535 g/mol. The Labute approximate surface area is 226 Å². The van der Waals surface area contributed by atoms with Crippen LogP contribution in [0.3, 0.4) is 0 Å². The first kappa shape index (κ1) is 30.4. The molecule has 2 N–H and O–H groups in total. The van der Waals surface area contributed by atoms with Crippen molar-refractivity contribution < 1.29 is 35.9 Å². The van der Waals surface area contributed by atoms with E-state index in [1.807, 2.05) is 0 Å². The zero-order valence-corrected chi connectivity index (χ0v) is 23.2. The minimum absolute atomic E-state index is 0.0461. The summed E-state index contributed by atoms with van der Waals surface area (Å²) < 4.78 is 64.8. The summed E-state index contributed by atoms with van der Waals surface area (Å²) in [6.45, 7) is 7.10. The summed E-state index contributed by atoms with van der Waals surface area (Å²) in [5.41, 5.74) is 0.645. The number of rotatable bonds is 9. The summed E-state index contributed by atoms with van der Waals surface area (Å²) in [5, 5.41) is 6.19. The van der Waals surface area contributed by atoms with E-state index in [-0.39, 0.29) is 27.8 Å². The summed E-state index contributed by atoms with van der Waals surface area (Å²) in [4.78, 5) is 28.1. The van der Waals surface area contributed by atoms with E-state index in [1.54, 1.807) is 43.0 Å². The van der Waals surface area contributed by atoms with Crippen LogP contribution in [0, 0.1) is 5.92 Å². The number of piperidine rings is 1. The molecule has 0 saturated carbocycles. The lowest BCUT2D eigenvalue weighted by Gasteiger charge is -2.41. The van der Waals surface area contributed by atoms with Crippen LogP contribution in [-0.2, 0) is 21.2 Å². The van der Waals surface area contributed by atoms with Gasteiger partial charge >= 0.3 is 6.36 Å². The van der Waals surface area contributed by atoms with E-state index in [0.717, 1.165) is 24.0 Å². The zero-order valence-electron chi connectivity index (χ0n) is 22.3. The Kier molecular flexibility index (Phi) is 9.32. The second kappa shape index (κ2) is 12.0. The Morgan fingerprint density at radius 2 is 1.69 bits per heavy atom. The summed E-state index contributed by atoms with van der Waals surface area (Å²) >= 11 is 0. The van der Waals surface area contributed by atoms with E-state index in [2.05, 4.69) is 22.3 Å². The van der Waals surface area contributed by atoms with E-state index in [4.69, 9.17) is 0 Å². The van der Waals surface area contributed by atoms with Gasteiger partial charge < -0.3 is 20.3 Å². The molecule has 0 bridgehead atoms. The summed E-state index contributed by atoms with van der Waals surface area (Å²) in [6.07, 6.45) is -2.39. The number of halogens is 3. The molecule has 8 nitrogen and oxygen atoms in total. The summed E-state index contributed by atoms with van der Waals surface area (Å²) in [7, 11) is -3.26. The largest absolute Gasteiger partial charge is 0.573 e. The number of likely N-dealkylation sites (tertiary alicyclic amines) is 1. The molecule has 2 amide bonds. The van der Waals surface area contributed by atoms with Crippen LogP contribution in [0.4, 0.5) is 13.2 Å². The minimum atomic E-state index is -4.88. The van der Waals surface area contributed by atoms with Gasteiger partial charge in [-0.15, -0.1) is 13.2 Å². The Morgan fingerprint density at radius 1 is 1.08 bits per heavy atom. The van der Waals surface area contributed by atoms with Crippen molar-refractivity contribution in [2.75, 3.05) is 19.3 Å². The smallest absolute Gasteiger partial charge is 0.406 e. The quantitative estimate of drug-likeness (QED) is 0.475. The van der Waals surface area contributed by atoms with Gasteiger partial charge in [-0.2, -0.15) is 0 Å². The van der Waals surface area contributed by atoms with Gasteiger partial charge in [0.2, 0.25) is 5.91 Å². The predicted octanol–water partition coefficient (Wildman–Crippen LogP) is 3.91. The number of hydrogen-bond acceptors (Lipinski definition) is 6. The highest BCUT2D eigenvalue weighted by atomic mass is 32.2. The van der Waals surface area contributed by atoms with Crippen LogP contribution in [0.2, 0.25) is 0 Å². The Morgan fingerprint density at radius 3 is 2.23 bits per heavy atom. The number of ether oxygens (including phenoxy) is 1. The molecule has 214 valence electrons. The lowest BCUT2D eigenvalue weighted by Crippen LogP contribution is -2.57. The van der Waals surface area contributed by atoms with E-state index in [9.17, 15) is 31.2 Å². The minimum Gasteiger partial charge on any atom is -0.406 e. The van der Waals surface area contributed by atoms with Crippen LogP contribution in [0.15, 0.2) is 53.4 Å². The molecule has 0 aromatic heterocycles. The maximum absolute atomic E-state index is 13.3. The number of benzene rings is 2. The van der Waals surface area contributed by atoms with Gasteiger partial charge in [0.25, 0.3) is 5.91 Å². The van der Waals surface area contributed by atoms with Gasteiger partial charge in [-0.3, -0.25) is 9.59 Å². The van der Waals surface area contributed by atoms with Crippen molar-refractivity contribution in [1.29, 1.82) is 0 Å². The fraction of sp³-hybridized carbons (Fsp3) is 0.481. The highest BCUT2D eigenvalue weighted by Crippen LogP contribution is 2.25. The molecule has 39 heavy (non-hydrogen) atoms. The molecule has 2 aromatic carbocycles. The molecule has 12 heteroatoms.